The smallest absolute Gasteiger partial charge is 0.272 e. The summed E-state index contributed by atoms with van der Waals surface area (Å²) < 4.78 is 28.5. The third kappa shape index (κ3) is 3.94. The van der Waals surface area contributed by atoms with Crippen molar-refractivity contribution in [2.75, 3.05) is 36.0 Å². The zero-order valence-electron chi connectivity index (χ0n) is 14.2. The molecule has 1 heterocycles. The highest BCUT2D eigenvalue weighted by atomic mass is 19.1. The Morgan fingerprint density at radius 1 is 0.741 bits per heavy atom. The molecule has 1 fully saturated rings. The van der Waals surface area contributed by atoms with E-state index in [1.807, 2.05) is 0 Å². The molecule has 1 aliphatic heterocycles. The van der Waals surface area contributed by atoms with Gasteiger partial charge in [0.1, 0.15) is 0 Å². The highest BCUT2D eigenvalue weighted by Crippen LogP contribution is 2.28. The van der Waals surface area contributed by atoms with Crippen molar-refractivity contribution in [3.8, 4) is 0 Å². The molecule has 2 aromatic rings. The van der Waals surface area contributed by atoms with Crippen molar-refractivity contribution in [1.82, 2.24) is 0 Å². The number of nitrogens with zero attached hydrogens (tertiary/aromatic N) is 4. The summed E-state index contributed by atoms with van der Waals surface area (Å²) in [6.07, 6.45) is 0.604. The Kier molecular flexibility index (Phi) is 5.15. The highest BCUT2D eigenvalue weighted by molar-refractivity contribution is 5.55. The van der Waals surface area contributed by atoms with Crippen LogP contribution in [0, 0.1) is 31.9 Å². The van der Waals surface area contributed by atoms with Crippen LogP contribution in [0.4, 0.5) is 31.5 Å². The summed E-state index contributed by atoms with van der Waals surface area (Å²) in [5, 5.41) is 21.5. The van der Waals surface area contributed by atoms with Gasteiger partial charge in [-0.25, -0.2) is 8.78 Å². The molecule has 1 aliphatic rings. The predicted octanol–water partition coefficient (Wildman–Crippen LogP) is 3.50. The molecule has 0 saturated carbocycles. The topological polar surface area (TPSA) is 92.8 Å². The van der Waals surface area contributed by atoms with Crippen LogP contribution in [0.2, 0.25) is 0 Å². The molecule has 142 valence electrons. The van der Waals surface area contributed by atoms with E-state index in [-0.39, 0.29) is 22.7 Å². The van der Waals surface area contributed by atoms with Gasteiger partial charge in [-0.2, -0.15) is 0 Å². The Labute approximate surface area is 152 Å². The summed E-state index contributed by atoms with van der Waals surface area (Å²) in [6, 6.07) is 7.00. The molecule has 0 amide bonds. The average Bonchev–Trinajstić information content (AvgIpc) is 2.87. The van der Waals surface area contributed by atoms with Crippen LogP contribution in [0.25, 0.3) is 0 Å². The normalized spacial score (nSPS) is 14.7. The fraction of sp³-hybridized carbons (Fsp3) is 0.294. The predicted molar refractivity (Wildman–Crippen MR) is 95.2 cm³/mol. The summed E-state index contributed by atoms with van der Waals surface area (Å²) in [7, 11) is 0. The third-order valence-electron chi connectivity index (χ3n) is 4.46. The van der Waals surface area contributed by atoms with Gasteiger partial charge in [0.2, 0.25) is 0 Å². The fourth-order valence-corrected chi connectivity index (χ4v) is 3.13. The van der Waals surface area contributed by atoms with Gasteiger partial charge in [-0.3, -0.25) is 20.2 Å². The zero-order chi connectivity index (χ0) is 19.6. The molecule has 0 spiro atoms. The van der Waals surface area contributed by atoms with Crippen molar-refractivity contribution >= 4 is 22.7 Å². The molecule has 0 radical (unpaired) electrons. The average molecular weight is 378 g/mol. The van der Waals surface area contributed by atoms with E-state index < -0.39 is 21.5 Å². The minimum Gasteiger partial charge on any atom is -0.367 e. The molecule has 0 atom stereocenters. The molecule has 10 heteroatoms. The molecule has 27 heavy (non-hydrogen) atoms. The number of nitro benzene ring substituents is 2. The van der Waals surface area contributed by atoms with Gasteiger partial charge >= 0.3 is 0 Å². The Balaban J connectivity index is 1.76. The van der Waals surface area contributed by atoms with Gasteiger partial charge in [0, 0.05) is 38.3 Å². The Morgan fingerprint density at radius 3 is 1.48 bits per heavy atom. The molecule has 8 nitrogen and oxygen atoms in total. The molecule has 0 aliphatic carbocycles. The quantitative estimate of drug-likeness (QED) is 0.597. The molecule has 0 bridgehead atoms. The van der Waals surface area contributed by atoms with Crippen LogP contribution in [0.5, 0.6) is 0 Å². The van der Waals surface area contributed by atoms with E-state index >= 15 is 0 Å². The molecule has 0 aromatic heterocycles. The number of nitro groups is 2. The van der Waals surface area contributed by atoms with Crippen LogP contribution < -0.4 is 9.80 Å². The molecule has 1 saturated heterocycles. The third-order valence-corrected chi connectivity index (χ3v) is 4.46. The Morgan fingerprint density at radius 2 is 1.15 bits per heavy atom. The van der Waals surface area contributed by atoms with Gasteiger partial charge < -0.3 is 9.80 Å². The highest BCUT2D eigenvalue weighted by Gasteiger charge is 2.22. The van der Waals surface area contributed by atoms with Gasteiger partial charge in [-0.05, 0) is 18.6 Å². The van der Waals surface area contributed by atoms with E-state index in [2.05, 4.69) is 0 Å². The summed E-state index contributed by atoms with van der Waals surface area (Å²) >= 11 is 0. The van der Waals surface area contributed by atoms with Crippen molar-refractivity contribution in [1.29, 1.82) is 0 Å². The first-order valence-corrected chi connectivity index (χ1v) is 8.24. The number of anilines is 2. The van der Waals surface area contributed by atoms with Gasteiger partial charge in [0.25, 0.3) is 11.4 Å². The number of hydrogen-bond donors (Lipinski definition) is 0. The summed E-state index contributed by atoms with van der Waals surface area (Å²) in [5.41, 5.74) is -0.125. The molecular formula is C17H16F2N4O4. The maximum absolute atomic E-state index is 14.2. The first kappa shape index (κ1) is 18.5. The summed E-state index contributed by atoms with van der Waals surface area (Å²) in [6.45, 7) is 1.76. The second-order valence-corrected chi connectivity index (χ2v) is 6.11. The van der Waals surface area contributed by atoms with Gasteiger partial charge in [-0.1, -0.05) is 0 Å². The lowest BCUT2D eigenvalue weighted by Crippen LogP contribution is -2.31. The number of halogens is 2. The van der Waals surface area contributed by atoms with Crippen molar-refractivity contribution in [3.05, 3.63) is 68.3 Å². The number of hydrogen-bond acceptors (Lipinski definition) is 6. The fourth-order valence-electron chi connectivity index (χ4n) is 3.13. The van der Waals surface area contributed by atoms with E-state index in [9.17, 15) is 29.0 Å². The SMILES string of the molecule is O=[N+]([O-])c1ccc(N2CCCN(c3ccc([N+](=O)[O-])cc3F)CC2)c(F)c1. The summed E-state index contributed by atoms with van der Waals surface area (Å²) in [5.74, 6) is -1.36. The largest absolute Gasteiger partial charge is 0.367 e. The van der Waals surface area contributed by atoms with Crippen molar-refractivity contribution in [2.24, 2.45) is 0 Å². The Hall–Kier alpha value is -3.30. The van der Waals surface area contributed by atoms with Gasteiger partial charge in [-0.15, -0.1) is 0 Å². The second kappa shape index (κ2) is 7.52. The van der Waals surface area contributed by atoms with Gasteiger partial charge in [0.15, 0.2) is 11.6 Å². The van der Waals surface area contributed by atoms with Gasteiger partial charge in [0.05, 0.1) is 33.4 Å². The van der Waals surface area contributed by atoms with Crippen LogP contribution in [0.3, 0.4) is 0 Å². The van der Waals surface area contributed by atoms with E-state index in [4.69, 9.17) is 0 Å². The van der Waals surface area contributed by atoms with E-state index in [1.165, 1.54) is 24.3 Å². The molecule has 0 N–H and O–H groups in total. The molecular weight excluding hydrogens is 362 g/mol. The monoisotopic (exact) mass is 378 g/mol. The van der Waals surface area contributed by atoms with Crippen LogP contribution in [0.15, 0.2) is 36.4 Å². The maximum Gasteiger partial charge on any atom is 0.272 e. The van der Waals surface area contributed by atoms with Crippen LogP contribution in [-0.4, -0.2) is 36.0 Å². The van der Waals surface area contributed by atoms with E-state index in [0.29, 0.717) is 32.6 Å². The lowest BCUT2D eigenvalue weighted by Gasteiger charge is -2.25. The lowest BCUT2D eigenvalue weighted by atomic mass is 10.2. The maximum atomic E-state index is 14.2. The first-order valence-electron chi connectivity index (χ1n) is 8.24. The molecule has 2 aromatic carbocycles. The van der Waals surface area contributed by atoms with E-state index in [0.717, 1.165) is 12.1 Å². The number of rotatable bonds is 4. The standard InChI is InChI=1S/C17H16F2N4O4/c18-14-10-12(22(24)25)2-4-16(14)20-6-1-7-21(9-8-20)17-5-3-13(23(26)27)11-15(17)19/h2-5,10-11H,1,6-9H2. The van der Waals surface area contributed by atoms with Crippen molar-refractivity contribution in [3.63, 3.8) is 0 Å². The minimum atomic E-state index is -0.681. The number of benzene rings is 2. The van der Waals surface area contributed by atoms with Crippen molar-refractivity contribution < 1.29 is 18.6 Å². The molecule has 0 unspecified atom stereocenters. The van der Waals surface area contributed by atoms with Crippen LogP contribution in [0.1, 0.15) is 6.42 Å². The first-order chi connectivity index (χ1) is 12.9. The second-order valence-electron chi connectivity index (χ2n) is 6.11. The van der Waals surface area contributed by atoms with Crippen LogP contribution in [-0.2, 0) is 0 Å². The minimum absolute atomic E-state index is 0.256. The number of non-ortho nitro benzene ring substituents is 2. The lowest BCUT2D eigenvalue weighted by molar-refractivity contribution is -0.385. The van der Waals surface area contributed by atoms with E-state index in [1.54, 1.807) is 9.80 Å². The van der Waals surface area contributed by atoms with Crippen LogP contribution >= 0.6 is 0 Å². The summed E-state index contributed by atoms with van der Waals surface area (Å²) in [4.78, 5) is 23.7. The molecule has 3 rings (SSSR count). The zero-order valence-corrected chi connectivity index (χ0v) is 14.2. The Bertz CT molecular complexity index is 822. The van der Waals surface area contributed by atoms with Crippen molar-refractivity contribution in [2.45, 2.75) is 6.42 Å².